The second kappa shape index (κ2) is 5.56. The van der Waals surface area contributed by atoms with Crippen LogP contribution in [0.15, 0.2) is 18.2 Å². The molecule has 0 atom stereocenters. The van der Waals surface area contributed by atoms with Crippen LogP contribution in [0.3, 0.4) is 0 Å². The van der Waals surface area contributed by atoms with Gasteiger partial charge >= 0.3 is 7.12 Å². The van der Waals surface area contributed by atoms with E-state index in [1.165, 1.54) is 0 Å². The lowest BCUT2D eigenvalue weighted by molar-refractivity contribution is 0.385. The molecule has 0 aliphatic heterocycles. The van der Waals surface area contributed by atoms with E-state index in [9.17, 15) is 10.0 Å². The molecule has 1 aromatic carbocycles. The molecule has 0 aliphatic rings. The highest BCUT2D eigenvalue weighted by atomic mass is 28.4. The molecule has 0 bridgehead atoms. The van der Waals surface area contributed by atoms with Crippen molar-refractivity contribution < 1.29 is 19.2 Å². The average Bonchev–Trinajstić information content (AvgIpc) is 2.26. The van der Waals surface area contributed by atoms with Crippen molar-refractivity contribution in [1.29, 1.82) is 0 Å². The first-order valence-electron chi connectivity index (χ1n) is 6.31. The highest BCUT2D eigenvalue weighted by Gasteiger charge is 2.39. The number of hydrogen-bond donors (Lipinski definition) is 2. The standard InChI is InChI=1S/C13H23BO4Si/c1-13(2,3)19(5,6)18-12-9-10(14(15)16)7-8-11(12)17-4/h7-9,15-16H,1-6H3. The maximum atomic E-state index is 9.24. The lowest BCUT2D eigenvalue weighted by atomic mass is 9.80. The Morgan fingerprint density at radius 2 is 1.68 bits per heavy atom. The minimum atomic E-state index is -1.99. The molecule has 4 nitrogen and oxygen atoms in total. The third-order valence-corrected chi connectivity index (χ3v) is 8.00. The van der Waals surface area contributed by atoms with E-state index >= 15 is 0 Å². The van der Waals surface area contributed by atoms with Crippen molar-refractivity contribution in [2.75, 3.05) is 7.11 Å². The van der Waals surface area contributed by atoms with E-state index in [0.717, 1.165) is 0 Å². The zero-order chi connectivity index (χ0) is 14.8. The van der Waals surface area contributed by atoms with Gasteiger partial charge in [0.2, 0.25) is 0 Å². The van der Waals surface area contributed by atoms with E-state index in [0.29, 0.717) is 17.0 Å². The van der Waals surface area contributed by atoms with E-state index in [4.69, 9.17) is 9.16 Å². The van der Waals surface area contributed by atoms with Crippen LogP contribution in [-0.4, -0.2) is 32.6 Å². The van der Waals surface area contributed by atoms with Gasteiger partial charge in [-0.25, -0.2) is 0 Å². The largest absolute Gasteiger partial charge is 0.541 e. The van der Waals surface area contributed by atoms with Crippen molar-refractivity contribution in [3.8, 4) is 11.5 Å². The van der Waals surface area contributed by atoms with E-state index in [-0.39, 0.29) is 5.04 Å². The van der Waals surface area contributed by atoms with Crippen LogP contribution in [0.25, 0.3) is 0 Å². The Morgan fingerprint density at radius 1 is 1.11 bits per heavy atom. The Bertz CT molecular complexity index is 441. The third kappa shape index (κ3) is 3.75. The fourth-order valence-electron chi connectivity index (χ4n) is 1.36. The summed E-state index contributed by atoms with van der Waals surface area (Å²) in [6.07, 6.45) is 0. The van der Waals surface area contributed by atoms with Crippen LogP contribution in [0.2, 0.25) is 18.1 Å². The quantitative estimate of drug-likeness (QED) is 0.826. The summed E-state index contributed by atoms with van der Waals surface area (Å²) in [6, 6.07) is 4.93. The van der Waals surface area contributed by atoms with Crippen molar-refractivity contribution in [1.82, 2.24) is 0 Å². The van der Waals surface area contributed by atoms with E-state index in [1.807, 2.05) is 0 Å². The van der Waals surface area contributed by atoms with Crippen LogP contribution in [0.4, 0.5) is 0 Å². The fraction of sp³-hybridized carbons (Fsp3) is 0.538. The summed E-state index contributed by atoms with van der Waals surface area (Å²) in [4.78, 5) is 0. The molecule has 0 saturated carbocycles. The zero-order valence-corrected chi connectivity index (χ0v) is 13.5. The van der Waals surface area contributed by atoms with Gasteiger partial charge in [-0.2, -0.15) is 0 Å². The van der Waals surface area contributed by atoms with Gasteiger partial charge in [0.25, 0.3) is 8.32 Å². The fourth-order valence-corrected chi connectivity index (χ4v) is 2.38. The monoisotopic (exact) mass is 282 g/mol. The molecule has 0 aliphatic carbocycles. The van der Waals surface area contributed by atoms with Crippen molar-refractivity contribution in [2.24, 2.45) is 0 Å². The van der Waals surface area contributed by atoms with Gasteiger partial charge in [-0.1, -0.05) is 26.8 Å². The third-order valence-electron chi connectivity index (χ3n) is 3.66. The topological polar surface area (TPSA) is 58.9 Å². The van der Waals surface area contributed by atoms with Crippen molar-refractivity contribution in [3.05, 3.63) is 18.2 Å². The number of methoxy groups -OCH3 is 1. The molecular weight excluding hydrogens is 259 g/mol. The normalized spacial score (nSPS) is 12.2. The molecule has 2 N–H and O–H groups in total. The first-order chi connectivity index (χ1) is 8.58. The molecule has 1 aromatic rings. The number of rotatable bonds is 4. The Balaban J connectivity index is 3.15. The molecule has 0 radical (unpaired) electrons. The molecule has 0 fully saturated rings. The summed E-state index contributed by atoms with van der Waals surface area (Å²) in [6.45, 7) is 10.7. The summed E-state index contributed by atoms with van der Waals surface area (Å²) in [7, 11) is -1.93. The second-order valence-corrected chi connectivity index (χ2v) is 10.9. The van der Waals surface area contributed by atoms with Gasteiger partial charge < -0.3 is 19.2 Å². The molecule has 0 aromatic heterocycles. The highest BCUT2D eigenvalue weighted by molar-refractivity contribution is 6.74. The summed E-state index contributed by atoms with van der Waals surface area (Å²) in [5.74, 6) is 1.17. The predicted octanol–water partition coefficient (Wildman–Crippen LogP) is 1.76. The first-order valence-corrected chi connectivity index (χ1v) is 9.22. The minimum Gasteiger partial charge on any atom is -0.541 e. The maximum Gasteiger partial charge on any atom is 0.488 e. The molecule has 0 spiro atoms. The van der Waals surface area contributed by atoms with E-state index in [2.05, 4.69) is 33.9 Å². The summed E-state index contributed by atoms with van der Waals surface area (Å²) in [5, 5.41) is 18.5. The first kappa shape index (κ1) is 16.1. The van der Waals surface area contributed by atoms with Crippen LogP contribution >= 0.6 is 0 Å². The van der Waals surface area contributed by atoms with Gasteiger partial charge in [0.05, 0.1) is 7.11 Å². The lowest BCUT2D eigenvalue weighted by Crippen LogP contribution is -2.44. The summed E-state index contributed by atoms with van der Waals surface area (Å²) < 4.78 is 11.4. The molecule has 106 valence electrons. The molecular formula is C13H23BO4Si. The Morgan fingerprint density at radius 3 is 2.11 bits per heavy atom. The van der Waals surface area contributed by atoms with Gasteiger partial charge in [0, 0.05) is 0 Å². The number of hydrogen-bond acceptors (Lipinski definition) is 4. The van der Waals surface area contributed by atoms with Crippen LogP contribution in [-0.2, 0) is 0 Å². The van der Waals surface area contributed by atoms with E-state index in [1.54, 1.807) is 25.3 Å². The second-order valence-electron chi connectivity index (χ2n) is 6.15. The molecule has 6 heteroatoms. The summed E-state index contributed by atoms with van der Waals surface area (Å²) in [5.41, 5.74) is 0.398. The smallest absolute Gasteiger partial charge is 0.488 e. The molecule has 0 heterocycles. The van der Waals surface area contributed by atoms with Crippen molar-refractivity contribution in [3.63, 3.8) is 0 Å². The molecule has 1 rings (SSSR count). The van der Waals surface area contributed by atoms with Gasteiger partial charge in [-0.3, -0.25) is 0 Å². The van der Waals surface area contributed by atoms with Gasteiger partial charge in [0.1, 0.15) is 5.75 Å². The molecule has 19 heavy (non-hydrogen) atoms. The number of ether oxygens (including phenoxy) is 1. The van der Waals surface area contributed by atoms with Crippen molar-refractivity contribution in [2.45, 2.75) is 38.9 Å². The van der Waals surface area contributed by atoms with Crippen molar-refractivity contribution >= 4 is 20.9 Å². The van der Waals surface area contributed by atoms with Crippen LogP contribution in [0, 0.1) is 0 Å². The van der Waals surface area contributed by atoms with Crippen LogP contribution in [0.1, 0.15) is 20.8 Å². The molecule has 0 unspecified atom stereocenters. The van der Waals surface area contributed by atoms with Crippen LogP contribution < -0.4 is 14.6 Å². The van der Waals surface area contributed by atoms with E-state index < -0.39 is 15.4 Å². The highest BCUT2D eigenvalue weighted by Crippen LogP contribution is 2.39. The average molecular weight is 282 g/mol. The van der Waals surface area contributed by atoms with Gasteiger partial charge in [0.15, 0.2) is 5.75 Å². The number of benzene rings is 1. The predicted molar refractivity (Wildman–Crippen MR) is 80.6 cm³/mol. The van der Waals surface area contributed by atoms with Gasteiger partial charge in [-0.15, -0.1) is 0 Å². The lowest BCUT2D eigenvalue weighted by Gasteiger charge is -2.36. The Hall–Kier alpha value is -0.978. The SMILES string of the molecule is COc1ccc(B(O)O)cc1O[Si](C)(C)C(C)(C)C. The summed E-state index contributed by atoms with van der Waals surface area (Å²) >= 11 is 0. The molecule has 0 amide bonds. The Labute approximate surface area is 116 Å². The van der Waals surface area contributed by atoms with Gasteiger partial charge in [-0.05, 0) is 35.7 Å². The maximum absolute atomic E-state index is 9.24. The Kier molecular flexibility index (Phi) is 4.71. The van der Waals surface area contributed by atoms with Crippen LogP contribution in [0.5, 0.6) is 11.5 Å². The zero-order valence-electron chi connectivity index (χ0n) is 12.5. The minimum absolute atomic E-state index is 0.0614. The molecule has 0 saturated heterocycles.